The SMILES string of the molecule is CSCCCOc1c(Br)cccc1CNC(C)C. The van der Waals surface area contributed by atoms with Gasteiger partial charge < -0.3 is 10.1 Å². The molecule has 18 heavy (non-hydrogen) atoms. The van der Waals surface area contributed by atoms with Gasteiger partial charge in [0.2, 0.25) is 0 Å². The number of rotatable bonds is 8. The Labute approximate surface area is 123 Å². The maximum absolute atomic E-state index is 5.90. The van der Waals surface area contributed by atoms with Crippen molar-refractivity contribution in [3.8, 4) is 5.75 Å². The van der Waals surface area contributed by atoms with E-state index in [1.165, 1.54) is 5.56 Å². The highest BCUT2D eigenvalue weighted by Gasteiger charge is 2.08. The number of thioether (sulfide) groups is 1. The first-order valence-corrected chi connectivity index (χ1v) is 8.46. The molecule has 0 saturated carbocycles. The van der Waals surface area contributed by atoms with Crippen LogP contribution in [0.2, 0.25) is 0 Å². The Morgan fingerprint density at radius 3 is 2.83 bits per heavy atom. The monoisotopic (exact) mass is 331 g/mol. The molecular formula is C14H22BrNOS. The van der Waals surface area contributed by atoms with Crippen LogP contribution >= 0.6 is 27.7 Å². The molecule has 0 saturated heterocycles. The zero-order chi connectivity index (χ0) is 13.4. The van der Waals surface area contributed by atoms with Crippen molar-refractivity contribution in [2.45, 2.75) is 32.9 Å². The molecule has 0 unspecified atom stereocenters. The molecule has 0 bridgehead atoms. The second-order valence-electron chi connectivity index (χ2n) is 4.46. The molecule has 1 aromatic rings. The highest BCUT2D eigenvalue weighted by molar-refractivity contribution is 9.10. The smallest absolute Gasteiger partial charge is 0.137 e. The highest BCUT2D eigenvalue weighted by Crippen LogP contribution is 2.29. The van der Waals surface area contributed by atoms with E-state index in [1.807, 2.05) is 17.8 Å². The molecule has 1 aromatic carbocycles. The third-order valence-electron chi connectivity index (χ3n) is 2.49. The van der Waals surface area contributed by atoms with Crippen molar-refractivity contribution in [2.24, 2.45) is 0 Å². The average Bonchev–Trinajstić information content (AvgIpc) is 2.34. The first-order chi connectivity index (χ1) is 8.65. The van der Waals surface area contributed by atoms with Crippen LogP contribution in [0.4, 0.5) is 0 Å². The molecule has 0 spiro atoms. The van der Waals surface area contributed by atoms with Crippen LogP contribution in [0.25, 0.3) is 0 Å². The molecule has 102 valence electrons. The predicted molar refractivity (Wildman–Crippen MR) is 84.6 cm³/mol. The van der Waals surface area contributed by atoms with E-state index >= 15 is 0 Å². The fraction of sp³-hybridized carbons (Fsp3) is 0.571. The van der Waals surface area contributed by atoms with Crippen molar-refractivity contribution in [2.75, 3.05) is 18.6 Å². The number of para-hydroxylation sites is 1. The number of benzene rings is 1. The van der Waals surface area contributed by atoms with Crippen molar-refractivity contribution in [1.82, 2.24) is 5.32 Å². The van der Waals surface area contributed by atoms with E-state index in [2.05, 4.69) is 53.5 Å². The van der Waals surface area contributed by atoms with E-state index in [0.717, 1.165) is 35.5 Å². The minimum Gasteiger partial charge on any atom is -0.492 e. The van der Waals surface area contributed by atoms with Crippen molar-refractivity contribution in [1.29, 1.82) is 0 Å². The van der Waals surface area contributed by atoms with E-state index in [1.54, 1.807) is 0 Å². The van der Waals surface area contributed by atoms with Gasteiger partial charge in [-0.05, 0) is 40.4 Å². The standard InChI is InChI=1S/C14H22BrNOS/c1-11(2)16-10-12-6-4-7-13(15)14(12)17-8-5-9-18-3/h4,6-7,11,16H,5,8-10H2,1-3H3. The van der Waals surface area contributed by atoms with Gasteiger partial charge in [0.15, 0.2) is 0 Å². The van der Waals surface area contributed by atoms with Gasteiger partial charge in [-0.3, -0.25) is 0 Å². The van der Waals surface area contributed by atoms with Crippen molar-refractivity contribution in [3.63, 3.8) is 0 Å². The summed E-state index contributed by atoms with van der Waals surface area (Å²) in [4.78, 5) is 0. The molecule has 0 fully saturated rings. The average molecular weight is 332 g/mol. The Kier molecular flexibility index (Phi) is 7.79. The quantitative estimate of drug-likeness (QED) is 0.725. The summed E-state index contributed by atoms with van der Waals surface area (Å²) in [6.45, 7) is 5.92. The van der Waals surface area contributed by atoms with Gasteiger partial charge in [-0.25, -0.2) is 0 Å². The van der Waals surface area contributed by atoms with Gasteiger partial charge in [-0.15, -0.1) is 0 Å². The molecule has 0 radical (unpaired) electrons. The van der Waals surface area contributed by atoms with Crippen LogP contribution in [0.1, 0.15) is 25.8 Å². The first-order valence-electron chi connectivity index (χ1n) is 6.27. The van der Waals surface area contributed by atoms with Crippen LogP contribution in [-0.4, -0.2) is 24.7 Å². The topological polar surface area (TPSA) is 21.3 Å². The lowest BCUT2D eigenvalue weighted by atomic mass is 10.2. The van der Waals surface area contributed by atoms with E-state index < -0.39 is 0 Å². The lowest BCUT2D eigenvalue weighted by Gasteiger charge is -2.15. The Morgan fingerprint density at radius 1 is 1.39 bits per heavy atom. The van der Waals surface area contributed by atoms with Gasteiger partial charge in [0.25, 0.3) is 0 Å². The molecule has 0 atom stereocenters. The fourth-order valence-corrected chi connectivity index (χ4v) is 2.47. The van der Waals surface area contributed by atoms with Crippen LogP contribution in [0, 0.1) is 0 Å². The second kappa shape index (κ2) is 8.83. The Bertz CT molecular complexity index is 358. The third-order valence-corrected chi connectivity index (χ3v) is 3.81. The van der Waals surface area contributed by atoms with E-state index in [0.29, 0.717) is 6.04 Å². The van der Waals surface area contributed by atoms with Gasteiger partial charge in [-0.1, -0.05) is 26.0 Å². The van der Waals surface area contributed by atoms with Gasteiger partial charge in [0.05, 0.1) is 11.1 Å². The van der Waals surface area contributed by atoms with Crippen LogP contribution in [0.5, 0.6) is 5.75 Å². The van der Waals surface area contributed by atoms with Crippen LogP contribution in [0.3, 0.4) is 0 Å². The Balaban J connectivity index is 2.62. The predicted octanol–water partition coefficient (Wildman–Crippen LogP) is 4.08. The maximum atomic E-state index is 5.90. The zero-order valence-corrected chi connectivity index (χ0v) is 13.7. The van der Waals surface area contributed by atoms with Crippen molar-refractivity contribution >= 4 is 27.7 Å². The summed E-state index contributed by atoms with van der Waals surface area (Å²) in [5.41, 5.74) is 1.21. The summed E-state index contributed by atoms with van der Waals surface area (Å²) < 4.78 is 6.94. The fourth-order valence-electron chi connectivity index (χ4n) is 1.55. The molecule has 0 amide bonds. The summed E-state index contributed by atoms with van der Waals surface area (Å²) in [6, 6.07) is 6.68. The van der Waals surface area contributed by atoms with Crippen molar-refractivity contribution < 1.29 is 4.74 Å². The molecule has 0 aliphatic heterocycles. The minimum atomic E-state index is 0.480. The number of halogens is 1. The van der Waals surface area contributed by atoms with Crippen molar-refractivity contribution in [3.05, 3.63) is 28.2 Å². The Hall–Kier alpha value is -0.190. The normalized spacial score (nSPS) is 10.9. The van der Waals surface area contributed by atoms with Gasteiger partial charge in [0, 0.05) is 18.2 Å². The minimum absolute atomic E-state index is 0.480. The molecule has 0 heterocycles. The van der Waals surface area contributed by atoms with Gasteiger partial charge >= 0.3 is 0 Å². The summed E-state index contributed by atoms with van der Waals surface area (Å²) >= 11 is 5.42. The number of hydrogen-bond acceptors (Lipinski definition) is 3. The van der Waals surface area contributed by atoms with Crippen LogP contribution in [-0.2, 0) is 6.54 Å². The highest BCUT2D eigenvalue weighted by atomic mass is 79.9. The molecule has 1 N–H and O–H groups in total. The van der Waals surface area contributed by atoms with E-state index in [-0.39, 0.29) is 0 Å². The summed E-state index contributed by atoms with van der Waals surface area (Å²) in [7, 11) is 0. The molecule has 0 aromatic heterocycles. The lowest BCUT2D eigenvalue weighted by Crippen LogP contribution is -2.22. The summed E-state index contributed by atoms with van der Waals surface area (Å²) in [5.74, 6) is 2.12. The molecule has 0 aliphatic carbocycles. The van der Waals surface area contributed by atoms with Gasteiger partial charge in [-0.2, -0.15) is 11.8 Å². The Morgan fingerprint density at radius 2 is 2.17 bits per heavy atom. The van der Waals surface area contributed by atoms with Crippen LogP contribution in [0.15, 0.2) is 22.7 Å². The second-order valence-corrected chi connectivity index (χ2v) is 6.30. The maximum Gasteiger partial charge on any atom is 0.137 e. The number of hydrogen-bond donors (Lipinski definition) is 1. The zero-order valence-electron chi connectivity index (χ0n) is 11.3. The molecular weight excluding hydrogens is 310 g/mol. The van der Waals surface area contributed by atoms with Crippen LogP contribution < -0.4 is 10.1 Å². The van der Waals surface area contributed by atoms with Gasteiger partial charge in [0.1, 0.15) is 5.75 Å². The number of nitrogens with one attached hydrogen (secondary N) is 1. The molecule has 4 heteroatoms. The lowest BCUT2D eigenvalue weighted by molar-refractivity contribution is 0.312. The molecule has 1 rings (SSSR count). The van der Waals surface area contributed by atoms with E-state index in [9.17, 15) is 0 Å². The largest absolute Gasteiger partial charge is 0.492 e. The number of ether oxygens (including phenoxy) is 1. The molecule has 2 nitrogen and oxygen atoms in total. The van der Waals surface area contributed by atoms with E-state index in [4.69, 9.17) is 4.74 Å². The third kappa shape index (κ3) is 5.63. The summed E-state index contributed by atoms with van der Waals surface area (Å²) in [5, 5.41) is 3.43. The summed E-state index contributed by atoms with van der Waals surface area (Å²) in [6.07, 6.45) is 3.20. The first kappa shape index (κ1) is 15.9. The molecule has 0 aliphatic rings.